The largest absolute Gasteiger partial charge is 0.481 e. The number of rotatable bonds is 24. The first-order valence-corrected chi connectivity index (χ1v) is 31.4. The highest BCUT2D eigenvalue weighted by Gasteiger charge is 2.38. The number of para-hydroxylation sites is 2. The number of thioether (sulfide) groups is 1. The number of halogens is 5. The minimum atomic E-state index is -6.06. The second kappa shape index (κ2) is 26.8. The average molecular weight is 1250 g/mol. The maximum absolute atomic E-state index is 16.1. The van der Waals surface area contributed by atoms with Crippen LogP contribution in [0, 0.1) is 23.3 Å². The van der Waals surface area contributed by atoms with Crippen molar-refractivity contribution in [1.82, 2.24) is 4.13 Å². The summed E-state index contributed by atoms with van der Waals surface area (Å²) in [6.45, 7) is 15.9. The molecule has 436 valence electrons. The summed E-state index contributed by atoms with van der Waals surface area (Å²) in [5.41, 5.74) is 7.22. The van der Waals surface area contributed by atoms with E-state index in [-0.39, 0.29) is 64.3 Å². The molecule has 0 fully saturated rings. The molecule has 1 aliphatic carbocycles. The highest BCUT2D eigenvalue weighted by Crippen LogP contribution is 2.45. The number of sulfonamides is 2. The van der Waals surface area contributed by atoms with E-state index in [4.69, 9.17) is 24.0 Å². The summed E-state index contributed by atoms with van der Waals surface area (Å²) in [5.74, 6) is -12.7. The van der Waals surface area contributed by atoms with Gasteiger partial charge in [0.15, 0.2) is 28.2 Å². The van der Waals surface area contributed by atoms with Crippen molar-refractivity contribution < 1.29 is 67.8 Å². The van der Waals surface area contributed by atoms with E-state index in [2.05, 4.69) is 76.6 Å². The van der Waals surface area contributed by atoms with Gasteiger partial charge in [-0.05, 0) is 82.7 Å². The quantitative estimate of drug-likeness (QED) is 0.0129. The predicted octanol–water partition coefficient (Wildman–Crippen LogP) is 14.5. The van der Waals surface area contributed by atoms with Crippen molar-refractivity contribution in [3.05, 3.63) is 148 Å². The third-order valence-electron chi connectivity index (χ3n) is 13.2. The van der Waals surface area contributed by atoms with Crippen LogP contribution in [0.15, 0.2) is 121 Å². The lowest BCUT2D eigenvalue weighted by Gasteiger charge is -2.22. The minimum Gasteiger partial charge on any atom is -0.481 e. The van der Waals surface area contributed by atoms with Gasteiger partial charge in [-0.15, -0.1) is 15.9 Å². The fraction of sp³-hybridized carbons (Fsp3) is 0.333. The van der Waals surface area contributed by atoms with E-state index >= 15 is 17.6 Å². The van der Waals surface area contributed by atoms with Crippen LogP contribution in [0.2, 0.25) is 0 Å². The molecule has 0 amide bonds. The van der Waals surface area contributed by atoms with E-state index in [0.29, 0.717) is 33.7 Å². The van der Waals surface area contributed by atoms with E-state index in [1.807, 2.05) is 36.4 Å². The Bertz CT molecular complexity index is 3750. The molecule has 0 spiro atoms. The van der Waals surface area contributed by atoms with Gasteiger partial charge in [0, 0.05) is 63.1 Å². The molecule has 0 saturated heterocycles. The van der Waals surface area contributed by atoms with Crippen molar-refractivity contribution in [3.63, 3.8) is 0 Å². The molecule has 1 unspecified atom stereocenters. The summed E-state index contributed by atoms with van der Waals surface area (Å²) >= 11 is 3.17. The first-order valence-electron chi connectivity index (χ1n) is 26.3. The van der Waals surface area contributed by atoms with Crippen molar-refractivity contribution in [3.8, 4) is 22.5 Å². The van der Waals surface area contributed by atoms with Crippen LogP contribution in [-0.2, 0) is 43.9 Å². The van der Waals surface area contributed by atoms with Crippen LogP contribution in [0.4, 0.5) is 34.6 Å². The number of nitrogens with zero attached hydrogens (tertiary/aromatic N) is 1. The number of nitrogens with one attached hydrogen (secondary N) is 2. The molecule has 0 bridgehead atoms. The summed E-state index contributed by atoms with van der Waals surface area (Å²) in [6.07, 6.45) is -2.60. The van der Waals surface area contributed by atoms with Crippen molar-refractivity contribution in [1.29, 1.82) is 0 Å². The summed E-state index contributed by atoms with van der Waals surface area (Å²) in [4.78, 5) is 36.4. The number of ether oxygens (including phenoxy) is 2. The molecule has 1 atom stereocenters. The molecule has 5 aromatic carbocycles. The minimum absolute atomic E-state index is 0.0117. The predicted molar refractivity (Wildman–Crippen MR) is 311 cm³/mol. The van der Waals surface area contributed by atoms with Crippen LogP contribution in [0.1, 0.15) is 127 Å². The van der Waals surface area contributed by atoms with Crippen LogP contribution in [-0.4, -0.2) is 63.6 Å². The molecule has 3 N–H and O–H groups in total. The molecule has 2 aliphatic rings. The number of fused-ring (bicyclic) bond motifs is 2. The maximum atomic E-state index is 16.1. The monoisotopic (exact) mass is 1250 g/mol. The van der Waals surface area contributed by atoms with Gasteiger partial charge in [-0.1, -0.05) is 126 Å². The number of esters is 2. The molecule has 0 aromatic heterocycles. The molecule has 1 heterocycles. The second-order valence-corrected chi connectivity index (χ2v) is 26.0. The summed E-state index contributed by atoms with van der Waals surface area (Å²) in [6, 6.07) is 27.7. The number of aliphatic carboxylic acids is 1. The number of carbonyl (C=O) groups is 3. The third kappa shape index (κ3) is 14.4. The Morgan fingerprint density at radius 2 is 1.28 bits per heavy atom. The fourth-order valence-electron chi connectivity index (χ4n) is 9.23. The van der Waals surface area contributed by atoms with Crippen molar-refractivity contribution in [2.75, 3.05) is 23.0 Å². The van der Waals surface area contributed by atoms with Crippen molar-refractivity contribution in [2.45, 2.75) is 126 Å². The van der Waals surface area contributed by atoms with Crippen molar-refractivity contribution in [2.24, 2.45) is 4.99 Å². The number of carbonyl (C=O) groups excluding carboxylic acids is 2. The Hall–Kier alpha value is -6.59. The van der Waals surface area contributed by atoms with Crippen LogP contribution in [0.25, 0.3) is 33.4 Å². The zero-order chi connectivity index (χ0) is 60.0. The number of carboxylic acid groups (broad SMARTS) is 1. The van der Waals surface area contributed by atoms with Gasteiger partial charge in [-0.25, -0.2) is 39.4 Å². The average Bonchev–Trinajstić information content (AvgIpc) is 1.66. The van der Waals surface area contributed by atoms with Gasteiger partial charge in [0.25, 0.3) is 20.0 Å². The Morgan fingerprint density at radius 1 is 0.683 bits per heavy atom. The molecule has 14 nitrogen and oxygen atoms in total. The molecule has 5 aromatic rings. The molecule has 7 rings (SSSR count). The van der Waals surface area contributed by atoms with E-state index in [0.717, 1.165) is 39.7 Å². The van der Waals surface area contributed by atoms with Gasteiger partial charge in [0.1, 0.15) is 24.1 Å². The third-order valence-corrected chi connectivity index (χ3v) is 18.6. The first-order chi connectivity index (χ1) is 38.7. The van der Waals surface area contributed by atoms with Gasteiger partial charge < -0.3 is 24.3 Å². The molecule has 0 radical (unpaired) electrons. The van der Waals surface area contributed by atoms with Crippen LogP contribution in [0.5, 0.6) is 0 Å². The summed E-state index contributed by atoms with van der Waals surface area (Å²) in [7, 11) is -11.5. The molecular formula is C60H62BrF4N3O11S3. The Kier molecular flexibility index (Phi) is 20.6. The normalized spacial score (nSPS) is 12.8. The maximum Gasteiger partial charge on any atom is 0.306 e. The molecular weight excluding hydrogens is 1190 g/mol. The molecule has 22 heteroatoms. The summed E-state index contributed by atoms with van der Waals surface area (Å²) in [5, 5.41) is 13.9. The zero-order valence-corrected chi connectivity index (χ0v) is 50.2. The highest BCUT2D eigenvalue weighted by molar-refractivity contribution is 9.09. The van der Waals surface area contributed by atoms with Crippen LogP contribution >= 0.6 is 27.7 Å². The number of alkyl halides is 1. The Balaban J connectivity index is 1.33. The van der Waals surface area contributed by atoms with Gasteiger partial charge >= 0.3 is 17.9 Å². The fourth-order valence-corrected chi connectivity index (χ4v) is 13.7. The van der Waals surface area contributed by atoms with Gasteiger partial charge in [-0.3, -0.25) is 14.4 Å². The lowest BCUT2D eigenvalue weighted by atomic mass is 9.92. The Morgan fingerprint density at radius 3 is 1.87 bits per heavy atom. The number of anilines is 2. The van der Waals surface area contributed by atoms with Gasteiger partial charge in [0.2, 0.25) is 0 Å². The number of hydrogen-bond donors (Lipinski definition) is 3. The van der Waals surface area contributed by atoms with E-state index in [9.17, 15) is 31.2 Å². The van der Waals surface area contributed by atoms with Crippen LogP contribution in [0.3, 0.4) is 0 Å². The highest BCUT2D eigenvalue weighted by atomic mass is 79.9. The van der Waals surface area contributed by atoms with Gasteiger partial charge in [-0.2, -0.15) is 0 Å². The first kappa shape index (κ1) is 63.0. The van der Waals surface area contributed by atoms with Gasteiger partial charge in [0.05, 0.1) is 33.7 Å². The molecule has 0 saturated carbocycles. The SMILES string of the molecule is CC(C)c1cccc(C(C)C)c1/N=c1/ccc2c(-c3ccccc3S(=O)(=O)NS(=O)(=O)c3c(F)c(F)c(SCC(COC(=O)CCCBr)OC(=O)CCC(=O)O)c(F)c3F)c3ccc(Nc4c(C(C)C)cccc4C(C)C)cc3oc-2c1. The lowest BCUT2D eigenvalue weighted by molar-refractivity contribution is -0.158. The van der Waals surface area contributed by atoms with E-state index < -0.39 is 107 Å². The van der Waals surface area contributed by atoms with E-state index in [1.54, 1.807) is 36.4 Å². The number of carboxylic acids is 1. The zero-order valence-electron chi connectivity index (χ0n) is 46.2. The van der Waals surface area contributed by atoms with Crippen molar-refractivity contribution >= 4 is 93.7 Å². The molecule has 1 aliphatic heterocycles. The number of benzene rings is 6. The lowest BCUT2D eigenvalue weighted by Crippen LogP contribution is -2.33. The smallest absolute Gasteiger partial charge is 0.306 e. The second-order valence-electron chi connectivity index (χ2n) is 20.6. The molecule has 82 heavy (non-hydrogen) atoms. The Labute approximate surface area is 486 Å². The van der Waals surface area contributed by atoms with E-state index in [1.165, 1.54) is 22.3 Å². The van der Waals surface area contributed by atoms with Crippen LogP contribution < -0.4 is 14.8 Å². The standard InChI is InChI=1S/C60H62BrF4N3O11S3/c1-32(2)39-15-11-16-40(33(3)4)57(39)66-36-21-23-43-46(28-36)79-47-29-37(67-58-41(34(5)6)17-12-18-42(58)35(7)8)22-24-44(47)52(43)45-14-9-10-19-48(45)81(73,74)68-82(75,76)60-55(64)53(62)59(54(63)56(60)65)80-31-38(30-77-50(71)20-13-27-61)78-51(72)26-25-49(69)70/h9-12,14-19,21-24,28-29,32-35,38,66,68H,13,20,25-27,30-31H2,1-8H3,(H,69,70)/b67-37-. The topological polar surface area (TPSA) is 208 Å². The summed E-state index contributed by atoms with van der Waals surface area (Å²) < 4.78 is 140. The number of hydrogen-bond acceptors (Lipinski definition) is 13.